The summed E-state index contributed by atoms with van der Waals surface area (Å²) in [5.41, 5.74) is 2.75. The van der Waals surface area contributed by atoms with Gasteiger partial charge >= 0.3 is 0 Å². The zero-order chi connectivity index (χ0) is 24.0. The molecule has 1 heterocycles. The second-order valence-corrected chi connectivity index (χ2v) is 9.72. The van der Waals surface area contributed by atoms with Crippen molar-refractivity contribution in [3.63, 3.8) is 0 Å². The van der Waals surface area contributed by atoms with E-state index in [2.05, 4.69) is 0 Å². The summed E-state index contributed by atoms with van der Waals surface area (Å²) in [6.07, 6.45) is -4.37. The minimum absolute atomic E-state index is 0.0144. The molecule has 34 heavy (non-hydrogen) atoms. The molecule has 0 saturated carbocycles. The number of hydrogen-bond acceptors (Lipinski definition) is 7. The van der Waals surface area contributed by atoms with Crippen LogP contribution < -0.4 is 0 Å². The first kappa shape index (κ1) is 24.5. The van der Waals surface area contributed by atoms with Gasteiger partial charge in [0.15, 0.2) is 12.4 Å². The third kappa shape index (κ3) is 6.29. The number of aryl methyl sites for hydroxylation is 1. The van der Waals surface area contributed by atoms with Crippen LogP contribution in [0.4, 0.5) is 0 Å². The molecule has 7 nitrogen and oxygen atoms in total. The quantitative estimate of drug-likeness (QED) is 0.464. The van der Waals surface area contributed by atoms with Gasteiger partial charge in [-0.15, -0.1) is 0 Å². The molecule has 3 aromatic rings. The molecule has 0 radical (unpaired) electrons. The van der Waals surface area contributed by atoms with Crippen LogP contribution in [0, 0.1) is 6.92 Å². The summed E-state index contributed by atoms with van der Waals surface area (Å²) in [6.45, 7) is 2.34. The molecule has 0 aliphatic carbocycles. The fraction of sp³-hybridized carbons (Fsp3) is 0.308. The van der Waals surface area contributed by atoms with Gasteiger partial charge in [-0.2, -0.15) is 8.42 Å². The van der Waals surface area contributed by atoms with Crippen LogP contribution in [0.2, 0.25) is 0 Å². The monoisotopic (exact) mass is 484 g/mol. The number of benzene rings is 3. The Balaban J connectivity index is 1.55. The summed E-state index contributed by atoms with van der Waals surface area (Å²) in [4.78, 5) is -0.0144. The van der Waals surface area contributed by atoms with Crippen LogP contribution in [-0.2, 0) is 41.7 Å². The lowest BCUT2D eigenvalue weighted by molar-refractivity contribution is -0.266. The maximum Gasteiger partial charge on any atom is 0.297 e. The Labute approximate surface area is 200 Å². The highest BCUT2D eigenvalue weighted by Gasteiger charge is 2.45. The van der Waals surface area contributed by atoms with E-state index in [-0.39, 0.29) is 24.7 Å². The molecule has 0 bridgehead atoms. The standard InChI is InChI=1S/C26H28O7S/c1-19-12-14-22(15-13-19)34(28,29)33-25-24(31-17-21-10-6-3-7-11-21)23(18-32-26(25)27)30-16-20-8-4-2-5-9-20/h2-15,23-27H,16-18H2,1H3. The van der Waals surface area contributed by atoms with Crippen molar-refractivity contribution in [2.75, 3.05) is 6.61 Å². The third-order valence-electron chi connectivity index (χ3n) is 5.54. The Kier molecular flexibility index (Phi) is 8.10. The molecular weight excluding hydrogens is 456 g/mol. The van der Waals surface area contributed by atoms with Gasteiger partial charge in [-0.25, -0.2) is 0 Å². The first-order chi connectivity index (χ1) is 16.4. The number of ether oxygens (including phenoxy) is 3. The predicted octanol–water partition coefficient (Wildman–Crippen LogP) is 3.59. The van der Waals surface area contributed by atoms with Crippen LogP contribution in [0.25, 0.3) is 0 Å². The van der Waals surface area contributed by atoms with Gasteiger partial charge in [-0.05, 0) is 30.2 Å². The van der Waals surface area contributed by atoms with Crippen LogP contribution in [-0.4, -0.2) is 44.7 Å². The number of rotatable bonds is 9. The van der Waals surface area contributed by atoms with Gasteiger partial charge in [-0.1, -0.05) is 78.4 Å². The zero-order valence-electron chi connectivity index (χ0n) is 18.8. The highest BCUT2D eigenvalue weighted by atomic mass is 32.2. The summed E-state index contributed by atoms with van der Waals surface area (Å²) in [5, 5.41) is 10.5. The molecule has 0 aromatic heterocycles. The van der Waals surface area contributed by atoms with Gasteiger partial charge in [0.05, 0.1) is 24.7 Å². The summed E-state index contributed by atoms with van der Waals surface area (Å²) >= 11 is 0. The van der Waals surface area contributed by atoms with Crippen molar-refractivity contribution >= 4 is 10.1 Å². The van der Waals surface area contributed by atoms with Gasteiger partial charge in [0, 0.05) is 0 Å². The minimum Gasteiger partial charge on any atom is -0.368 e. The Hall–Kier alpha value is -2.59. The summed E-state index contributed by atoms with van der Waals surface area (Å²) in [5.74, 6) is 0. The molecule has 4 atom stereocenters. The lowest BCUT2D eigenvalue weighted by Crippen LogP contribution is -2.56. The number of hydrogen-bond donors (Lipinski definition) is 1. The summed E-state index contributed by atoms with van der Waals surface area (Å²) < 4.78 is 49.0. The van der Waals surface area contributed by atoms with Crippen LogP contribution in [0.3, 0.4) is 0 Å². The molecule has 4 unspecified atom stereocenters. The molecule has 1 saturated heterocycles. The highest BCUT2D eigenvalue weighted by Crippen LogP contribution is 2.28. The van der Waals surface area contributed by atoms with E-state index >= 15 is 0 Å². The molecule has 0 spiro atoms. The minimum atomic E-state index is -4.19. The molecule has 0 amide bonds. The second-order valence-electron chi connectivity index (χ2n) is 8.15. The fourth-order valence-electron chi connectivity index (χ4n) is 3.66. The van der Waals surface area contributed by atoms with Crippen molar-refractivity contribution in [3.05, 3.63) is 102 Å². The molecule has 1 fully saturated rings. The van der Waals surface area contributed by atoms with Gasteiger partial charge in [0.1, 0.15) is 12.2 Å². The SMILES string of the molecule is Cc1ccc(S(=O)(=O)OC2C(O)OCC(OCc3ccccc3)C2OCc2ccccc2)cc1. The molecule has 8 heteroatoms. The largest absolute Gasteiger partial charge is 0.368 e. The van der Waals surface area contributed by atoms with E-state index in [1.165, 1.54) is 12.1 Å². The van der Waals surface area contributed by atoms with Crippen molar-refractivity contribution in [2.45, 2.75) is 49.6 Å². The summed E-state index contributed by atoms with van der Waals surface area (Å²) in [6, 6.07) is 25.3. The van der Waals surface area contributed by atoms with E-state index in [4.69, 9.17) is 18.4 Å². The summed E-state index contributed by atoms with van der Waals surface area (Å²) in [7, 11) is -4.19. The van der Waals surface area contributed by atoms with E-state index in [0.29, 0.717) is 0 Å². The van der Waals surface area contributed by atoms with E-state index in [1.54, 1.807) is 12.1 Å². The maximum atomic E-state index is 13.0. The van der Waals surface area contributed by atoms with E-state index in [1.807, 2.05) is 67.6 Å². The first-order valence-corrected chi connectivity index (χ1v) is 12.4. The van der Waals surface area contributed by atoms with Gasteiger partial charge in [-0.3, -0.25) is 4.18 Å². The van der Waals surface area contributed by atoms with Crippen LogP contribution in [0.1, 0.15) is 16.7 Å². The van der Waals surface area contributed by atoms with Gasteiger partial charge in [0.25, 0.3) is 10.1 Å². The molecule has 4 rings (SSSR count). The van der Waals surface area contributed by atoms with Crippen molar-refractivity contribution < 1.29 is 31.9 Å². The average Bonchev–Trinajstić information content (AvgIpc) is 2.85. The molecule has 1 N–H and O–H groups in total. The normalized spacial score (nSPS) is 23.0. The molecule has 3 aromatic carbocycles. The van der Waals surface area contributed by atoms with Crippen molar-refractivity contribution in [1.82, 2.24) is 0 Å². The van der Waals surface area contributed by atoms with Gasteiger partial charge in [0.2, 0.25) is 0 Å². The highest BCUT2D eigenvalue weighted by molar-refractivity contribution is 7.86. The maximum absolute atomic E-state index is 13.0. The topological polar surface area (TPSA) is 91.3 Å². The smallest absolute Gasteiger partial charge is 0.297 e. The first-order valence-electron chi connectivity index (χ1n) is 11.0. The van der Waals surface area contributed by atoms with Crippen LogP contribution in [0.15, 0.2) is 89.8 Å². The Morgan fingerprint density at radius 3 is 1.97 bits per heavy atom. The van der Waals surface area contributed by atoms with Crippen LogP contribution >= 0.6 is 0 Å². The zero-order valence-corrected chi connectivity index (χ0v) is 19.6. The molecular formula is C26H28O7S. The fourth-order valence-corrected chi connectivity index (χ4v) is 4.73. The number of aliphatic hydroxyl groups excluding tert-OH is 1. The molecule has 1 aliphatic rings. The molecule has 1 aliphatic heterocycles. The van der Waals surface area contributed by atoms with E-state index < -0.39 is 34.7 Å². The van der Waals surface area contributed by atoms with Gasteiger partial charge < -0.3 is 19.3 Å². The molecule has 180 valence electrons. The van der Waals surface area contributed by atoms with E-state index in [0.717, 1.165) is 16.7 Å². The Morgan fingerprint density at radius 2 is 1.38 bits per heavy atom. The Bertz CT molecular complexity index is 1130. The average molecular weight is 485 g/mol. The lowest BCUT2D eigenvalue weighted by Gasteiger charge is -2.39. The number of aliphatic hydroxyl groups is 1. The van der Waals surface area contributed by atoms with Crippen molar-refractivity contribution in [3.8, 4) is 0 Å². The predicted molar refractivity (Wildman–Crippen MR) is 125 cm³/mol. The van der Waals surface area contributed by atoms with E-state index in [9.17, 15) is 13.5 Å². The van der Waals surface area contributed by atoms with Crippen LogP contribution in [0.5, 0.6) is 0 Å². The third-order valence-corrected chi connectivity index (χ3v) is 6.87. The second kappa shape index (κ2) is 11.2. The van der Waals surface area contributed by atoms with Crippen molar-refractivity contribution in [2.24, 2.45) is 0 Å². The Morgan fingerprint density at radius 1 is 0.824 bits per heavy atom. The lowest BCUT2D eigenvalue weighted by atomic mass is 10.0. The van der Waals surface area contributed by atoms with Crippen molar-refractivity contribution in [1.29, 1.82) is 0 Å².